The van der Waals surface area contributed by atoms with Gasteiger partial charge in [0.05, 0.1) is 0 Å². The number of allylic oxidation sites excluding steroid dienone is 1. The first-order valence-electron chi connectivity index (χ1n) is 4.38. The first-order chi connectivity index (χ1) is 6.38. The maximum absolute atomic E-state index is 11.5. The van der Waals surface area contributed by atoms with Crippen molar-refractivity contribution in [3.05, 3.63) is 11.9 Å². The Morgan fingerprint density at radius 2 is 2.23 bits per heavy atom. The number of hydrogen-bond donors (Lipinski definition) is 0. The second kappa shape index (κ2) is 3.96. The number of nitrogens with zero attached hydrogens (tertiary/aromatic N) is 2. The molecule has 2 rings (SSSR count). The molecule has 3 nitrogen and oxygen atoms in total. The van der Waals surface area contributed by atoms with E-state index in [9.17, 15) is 4.79 Å². The van der Waals surface area contributed by atoms with Crippen molar-refractivity contribution in [2.75, 3.05) is 24.6 Å². The Labute approximate surface area is 81.9 Å². The van der Waals surface area contributed by atoms with Crippen LogP contribution < -0.4 is 0 Å². The van der Waals surface area contributed by atoms with Crippen LogP contribution in [0.5, 0.6) is 0 Å². The van der Waals surface area contributed by atoms with Gasteiger partial charge in [0.1, 0.15) is 11.9 Å². The number of hydrogen-bond acceptors (Lipinski definition) is 4. The van der Waals surface area contributed by atoms with Crippen molar-refractivity contribution in [1.29, 1.82) is 0 Å². The Morgan fingerprint density at radius 3 is 2.92 bits per heavy atom. The fourth-order valence-electron chi connectivity index (χ4n) is 1.43. The minimum absolute atomic E-state index is 0.155. The molecule has 0 atom stereocenters. The van der Waals surface area contributed by atoms with E-state index in [1.165, 1.54) is 0 Å². The van der Waals surface area contributed by atoms with Crippen LogP contribution >= 0.6 is 11.8 Å². The lowest BCUT2D eigenvalue weighted by Gasteiger charge is -2.29. The maximum Gasteiger partial charge on any atom is 0.186 e. The summed E-state index contributed by atoms with van der Waals surface area (Å²) in [4.78, 5) is 17.4. The molecule has 1 radical (unpaired) electrons. The second-order valence-electron chi connectivity index (χ2n) is 3.00. The molecular formula is C9H11N2OS. The van der Waals surface area contributed by atoms with E-state index in [1.54, 1.807) is 6.21 Å². The number of aliphatic imine (C=N–C) groups is 1. The second-order valence-corrected chi connectivity index (χ2v) is 4.22. The van der Waals surface area contributed by atoms with E-state index >= 15 is 0 Å². The third-order valence-electron chi connectivity index (χ3n) is 2.13. The van der Waals surface area contributed by atoms with Crippen molar-refractivity contribution >= 4 is 23.8 Å². The first-order valence-corrected chi connectivity index (χ1v) is 5.54. The third-order valence-corrected chi connectivity index (χ3v) is 3.07. The molecule has 4 heteroatoms. The minimum Gasteiger partial charge on any atom is -0.365 e. The number of carbonyl (C=O) groups excluding carboxylic acids is 1. The molecule has 2 aliphatic rings. The van der Waals surface area contributed by atoms with Crippen molar-refractivity contribution in [2.45, 2.75) is 6.42 Å². The van der Waals surface area contributed by atoms with E-state index < -0.39 is 0 Å². The maximum atomic E-state index is 11.5. The molecule has 0 aromatic carbocycles. The van der Waals surface area contributed by atoms with Crippen LogP contribution in [0.15, 0.2) is 10.7 Å². The van der Waals surface area contributed by atoms with Crippen molar-refractivity contribution in [2.24, 2.45) is 4.99 Å². The van der Waals surface area contributed by atoms with Crippen molar-refractivity contribution in [1.82, 2.24) is 4.90 Å². The van der Waals surface area contributed by atoms with E-state index in [0.717, 1.165) is 24.6 Å². The van der Waals surface area contributed by atoms with Crippen molar-refractivity contribution < 1.29 is 4.79 Å². The van der Waals surface area contributed by atoms with Crippen LogP contribution in [0.4, 0.5) is 0 Å². The molecule has 2 aliphatic heterocycles. The van der Waals surface area contributed by atoms with Crippen LogP contribution in [0.2, 0.25) is 0 Å². The van der Waals surface area contributed by atoms with Crippen LogP contribution in [0.25, 0.3) is 0 Å². The summed E-state index contributed by atoms with van der Waals surface area (Å²) in [5.74, 6) is 2.35. The van der Waals surface area contributed by atoms with Crippen molar-refractivity contribution in [3.63, 3.8) is 0 Å². The lowest BCUT2D eigenvalue weighted by Crippen LogP contribution is -2.35. The number of carbonyl (C=O) groups is 1. The zero-order valence-electron chi connectivity index (χ0n) is 7.32. The molecule has 0 amide bonds. The Bertz CT molecular complexity index is 267. The van der Waals surface area contributed by atoms with E-state index in [-0.39, 0.29) is 5.78 Å². The minimum atomic E-state index is 0.155. The van der Waals surface area contributed by atoms with Crippen LogP contribution in [-0.2, 0) is 4.79 Å². The highest BCUT2D eigenvalue weighted by Gasteiger charge is 2.20. The summed E-state index contributed by atoms with van der Waals surface area (Å²) >= 11 is 1.93. The topological polar surface area (TPSA) is 32.7 Å². The summed E-state index contributed by atoms with van der Waals surface area (Å²) in [6.45, 7) is 1.91. The van der Waals surface area contributed by atoms with Gasteiger partial charge in [-0.15, -0.1) is 0 Å². The SMILES string of the molecule is O=C1CC=N[C]=C1N1CCSCC1. The van der Waals surface area contributed by atoms with E-state index in [4.69, 9.17) is 0 Å². The van der Waals surface area contributed by atoms with Crippen LogP contribution in [-0.4, -0.2) is 41.5 Å². The van der Waals surface area contributed by atoms with Gasteiger partial charge in [-0.2, -0.15) is 11.8 Å². The van der Waals surface area contributed by atoms with Gasteiger partial charge in [0.15, 0.2) is 5.78 Å². The summed E-state index contributed by atoms with van der Waals surface area (Å²) in [7, 11) is 0. The van der Waals surface area contributed by atoms with Gasteiger partial charge in [-0.3, -0.25) is 9.79 Å². The lowest BCUT2D eigenvalue weighted by atomic mass is 10.2. The van der Waals surface area contributed by atoms with Crippen LogP contribution in [0.3, 0.4) is 0 Å². The predicted octanol–water partition coefficient (Wildman–Crippen LogP) is 0.723. The number of rotatable bonds is 1. The molecule has 0 aromatic heterocycles. The smallest absolute Gasteiger partial charge is 0.186 e. The molecule has 0 bridgehead atoms. The normalized spacial score (nSPS) is 23.2. The lowest BCUT2D eigenvalue weighted by molar-refractivity contribution is -0.116. The average molecular weight is 195 g/mol. The first kappa shape index (κ1) is 8.81. The zero-order chi connectivity index (χ0) is 9.10. The molecule has 13 heavy (non-hydrogen) atoms. The highest BCUT2D eigenvalue weighted by Crippen LogP contribution is 2.16. The molecule has 0 aliphatic carbocycles. The fraction of sp³-hybridized carbons (Fsp3) is 0.556. The third kappa shape index (κ3) is 1.94. The Hall–Kier alpha value is -0.770. The van der Waals surface area contributed by atoms with Gasteiger partial charge in [-0.05, 0) is 0 Å². The number of thioether (sulfide) groups is 1. The number of Topliss-reactive ketones (excluding diaryl/α,β-unsaturated/α-hetero) is 1. The van der Waals surface area contributed by atoms with Gasteiger partial charge in [0.25, 0.3) is 0 Å². The standard InChI is InChI=1S/C9H11N2OS/c12-9-1-2-10-7-8(9)11-3-5-13-6-4-11/h2H,1,3-6H2. The van der Waals surface area contributed by atoms with Gasteiger partial charge in [0, 0.05) is 37.2 Å². The summed E-state index contributed by atoms with van der Waals surface area (Å²) in [5, 5.41) is 0. The monoisotopic (exact) mass is 195 g/mol. The Morgan fingerprint density at radius 1 is 1.46 bits per heavy atom. The van der Waals surface area contributed by atoms with Gasteiger partial charge in [-0.25, -0.2) is 0 Å². The molecule has 0 aromatic rings. The quantitative estimate of drug-likeness (QED) is 0.618. The van der Waals surface area contributed by atoms with Gasteiger partial charge >= 0.3 is 0 Å². The largest absolute Gasteiger partial charge is 0.365 e. The van der Waals surface area contributed by atoms with E-state index in [2.05, 4.69) is 16.1 Å². The van der Waals surface area contributed by atoms with Gasteiger partial charge in [0.2, 0.25) is 0 Å². The molecule has 0 spiro atoms. The summed E-state index contributed by atoms with van der Waals surface area (Å²) in [6.07, 6.45) is 4.84. The summed E-state index contributed by atoms with van der Waals surface area (Å²) in [5.41, 5.74) is 0.683. The van der Waals surface area contributed by atoms with Gasteiger partial charge < -0.3 is 4.90 Å². The molecule has 0 unspecified atom stereocenters. The zero-order valence-corrected chi connectivity index (χ0v) is 8.14. The average Bonchev–Trinajstić information content (AvgIpc) is 2.20. The van der Waals surface area contributed by atoms with Crippen LogP contribution in [0, 0.1) is 6.20 Å². The molecule has 69 valence electrons. The van der Waals surface area contributed by atoms with Gasteiger partial charge in [-0.1, -0.05) is 0 Å². The Balaban J connectivity index is 2.09. The van der Waals surface area contributed by atoms with E-state index in [0.29, 0.717) is 12.1 Å². The Kier molecular flexibility index (Phi) is 2.68. The van der Waals surface area contributed by atoms with Crippen LogP contribution in [0.1, 0.15) is 6.42 Å². The molecule has 0 saturated carbocycles. The molecular weight excluding hydrogens is 184 g/mol. The predicted molar refractivity (Wildman–Crippen MR) is 53.8 cm³/mol. The molecule has 1 saturated heterocycles. The highest BCUT2D eigenvalue weighted by molar-refractivity contribution is 7.99. The summed E-state index contributed by atoms with van der Waals surface area (Å²) < 4.78 is 0. The molecule has 2 heterocycles. The van der Waals surface area contributed by atoms with Crippen molar-refractivity contribution in [3.8, 4) is 0 Å². The fourth-order valence-corrected chi connectivity index (χ4v) is 2.33. The summed E-state index contributed by atoms with van der Waals surface area (Å²) in [6, 6.07) is 0. The number of ketones is 1. The molecule has 1 fully saturated rings. The van der Waals surface area contributed by atoms with E-state index in [1.807, 2.05) is 11.8 Å². The molecule has 0 N–H and O–H groups in total. The highest BCUT2D eigenvalue weighted by atomic mass is 32.2.